The van der Waals surface area contributed by atoms with Crippen molar-refractivity contribution in [2.24, 2.45) is 0 Å². The second-order valence-corrected chi connectivity index (χ2v) is 7.49. The van der Waals surface area contributed by atoms with E-state index >= 15 is 0 Å². The Labute approximate surface area is 122 Å². The topological polar surface area (TPSA) is 50.2 Å². The predicted molar refractivity (Wildman–Crippen MR) is 80.1 cm³/mol. The van der Waals surface area contributed by atoms with E-state index in [9.17, 15) is 4.79 Å². The van der Waals surface area contributed by atoms with Crippen LogP contribution in [0.1, 0.15) is 38.2 Å². The molecule has 0 saturated heterocycles. The van der Waals surface area contributed by atoms with Gasteiger partial charge < -0.3 is 9.88 Å². The van der Waals surface area contributed by atoms with Crippen LogP contribution in [0.3, 0.4) is 0 Å². The van der Waals surface area contributed by atoms with E-state index in [0.29, 0.717) is 11.3 Å². The fraction of sp³-hybridized carbons (Fsp3) is 0.714. The Kier molecular flexibility index (Phi) is 3.03. The van der Waals surface area contributed by atoms with Crippen molar-refractivity contribution in [2.75, 3.05) is 12.0 Å². The number of thioether (sulfide) groups is 1. The average molecular weight is 292 g/mol. The molecule has 0 spiro atoms. The first-order valence-electron chi connectivity index (χ1n) is 7.50. The van der Waals surface area contributed by atoms with Crippen LogP contribution in [-0.2, 0) is 13.1 Å². The van der Waals surface area contributed by atoms with Gasteiger partial charge in [-0.1, -0.05) is 31.5 Å². The molecule has 1 fully saturated rings. The largest absolute Gasteiger partial charge is 0.358 e. The van der Waals surface area contributed by atoms with E-state index < -0.39 is 0 Å². The molecule has 6 heteroatoms. The molecule has 1 N–H and O–H groups in total. The molecule has 1 aliphatic carbocycles. The number of anilines is 1. The minimum Gasteiger partial charge on any atom is -0.358 e. The Morgan fingerprint density at radius 2 is 2.15 bits per heavy atom. The summed E-state index contributed by atoms with van der Waals surface area (Å²) in [5, 5.41) is 4.87. The molecule has 1 unspecified atom stereocenters. The van der Waals surface area contributed by atoms with E-state index in [1.807, 2.05) is 0 Å². The van der Waals surface area contributed by atoms with Crippen molar-refractivity contribution in [1.82, 2.24) is 14.5 Å². The fourth-order valence-electron chi connectivity index (χ4n) is 3.62. The van der Waals surface area contributed by atoms with Crippen LogP contribution in [-0.4, -0.2) is 32.4 Å². The summed E-state index contributed by atoms with van der Waals surface area (Å²) in [5.74, 6) is 1.02. The molecule has 20 heavy (non-hydrogen) atoms. The highest BCUT2D eigenvalue weighted by molar-refractivity contribution is 7.99. The highest BCUT2D eigenvalue weighted by Crippen LogP contribution is 2.35. The summed E-state index contributed by atoms with van der Waals surface area (Å²) in [7, 11) is 0. The maximum atomic E-state index is 12.3. The SMILES string of the molecule is CC1Cn2c(nc(=O)c3c2NCN(C2CCCC2)C3)S1. The maximum absolute atomic E-state index is 12.3. The highest BCUT2D eigenvalue weighted by atomic mass is 32.2. The molecule has 0 amide bonds. The maximum Gasteiger partial charge on any atom is 0.280 e. The zero-order chi connectivity index (χ0) is 13.7. The van der Waals surface area contributed by atoms with Gasteiger partial charge in [-0.3, -0.25) is 9.69 Å². The highest BCUT2D eigenvalue weighted by Gasteiger charge is 2.31. The van der Waals surface area contributed by atoms with Gasteiger partial charge in [-0.25, -0.2) is 0 Å². The van der Waals surface area contributed by atoms with Crippen LogP contribution in [0.4, 0.5) is 5.82 Å². The van der Waals surface area contributed by atoms with Crippen LogP contribution in [0.25, 0.3) is 0 Å². The molecule has 4 rings (SSSR count). The van der Waals surface area contributed by atoms with Crippen molar-refractivity contribution in [3.05, 3.63) is 15.9 Å². The first-order valence-corrected chi connectivity index (χ1v) is 8.38. The van der Waals surface area contributed by atoms with Gasteiger partial charge in [0.05, 0.1) is 12.2 Å². The van der Waals surface area contributed by atoms with E-state index in [1.54, 1.807) is 11.8 Å². The standard InChI is InChI=1S/C14H20N4OS/c1-9-6-18-12-11(13(19)16-14(18)20-9)7-17(8-15-12)10-4-2-3-5-10/h9-10,15H,2-8H2,1H3. The third kappa shape index (κ3) is 1.97. The smallest absolute Gasteiger partial charge is 0.280 e. The third-order valence-electron chi connectivity index (χ3n) is 4.64. The molecule has 3 heterocycles. The molecule has 1 atom stereocenters. The number of hydrogen-bond acceptors (Lipinski definition) is 5. The average Bonchev–Trinajstić information content (AvgIpc) is 3.07. The number of nitrogens with one attached hydrogen (secondary N) is 1. The molecule has 3 aliphatic rings. The van der Waals surface area contributed by atoms with Gasteiger partial charge in [0, 0.05) is 24.4 Å². The van der Waals surface area contributed by atoms with Gasteiger partial charge in [0.2, 0.25) is 0 Å². The lowest BCUT2D eigenvalue weighted by atomic mass is 10.1. The molecule has 0 aromatic carbocycles. The van der Waals surface area contributed by atoms with Gasteiger partial charge in [-0.05, 0) is 12.8 Å². The molecular weight excluding hydrogens is 272 g/mol. The number of hydrogen-bond donors (Lipinski definition) is 1. The first-order chi connectivity index (χ1) is 9.72. The van der Waals surface area contributed by atoms with Crippen molar-refractivity contribution >= 4 is 17.6 Å². The second-order valence-electron chi connectivity index (χ2n) is 6.09. The molecule has 1 saturated carbocycles. The van der Waals surface area contributed by atoms with Crippen LogP contribution in [0, 0.1) is 0 Å². The van der Waals surface area contributed by atoms with E-state index in [4.69, 9.17) is 0 Å². The molecule has 1 aromatic rings. The monoisotopic (exact) mass is 292 g/mol. The molecular formula is C14H20N4OS. The number of rotatable bonds is 1. The summed E-state index contributed by atoms with van der Waals surface area (Å²) in [6, 6.07) is 0.640. The van der Waals surface area contributed by atoms with Gasteiger partial charge in [0.25, 0.3) is 5.56 Å². The quantitative estimate of drug-likeness (QED) is 0.801. The summed E-state index contributed by atoms with van der Waals surface area (Å²) in [6.45, 7) is 4.76. The number of nitrogens with zero attached hydrogens (tertiary/aromatic N) is 3. The van der Waals surface area contributed by atoms with Gasteiger partial charge in [0.15, 0.2) is 5.16 Å². The Bertz CT molecular complexity index is 594. The van der Waals surface area contributed by atoms with Gasteiger partial charge in [0.1, 0.15) is 5.82 Å². The van der Waals surface area contributed by atoms with Crippen LogP contribution < -0.4 is 10.9 Å². The third-order valence-corrected chi connectivity index (χ3v) is 5.71. The minimum absolute atomic E-state index is 0.0388. The van der Waals surface area contributed by atoms with Crippen molar-refractivity contribution in [2.45, 2.75) is 62.1 Å². The fourth-order valence-corrected chi connectivity index (χ4v) is 4.63. The zero-order valence-electron chi connectivity index (χ0n) is 11.8. The van der Waals surface area contributed by atoms with Gasteiger partial charge in [-0.15, -0.1) is 0 Å². The van der Waals surface area contributed by atoms with E-state index in [0.717, 1.165) is 36.3 Å². The normalized spacial score (nSPS) is 26.4. The zero-order valence-corrected chi connectivity index (χ0v) is 12.6. The van der Waals surface area contributed by atoms with Crippen LogP contribution in [0.15, 0.2) is 9.95 Å². The Hall–Kier alpha value is -1.01. The van der Waals surface area contributed by atoms with Crippen LogP contribution in [0.5, 0.6) is 0 Å². The number of aromatic nitrogens is 2. The number of fused-ring (bicyclic) bond motifs is 3. The van der Waals surface area contributed by atoms with E-state index in [1.165, 1.54) is 25.7 Å². The summed E-state index contributed by atoms with van der Waals surface area (Å²) in [6.07, 6.45) is 5.18. The first kappa shape index (κ1) is 12.7. The lowest BCUT2D eigenvalue weighted by Gasteiger charge is -2.34. The molecule has 1 aromatic heterocycles. The lowest BCUT2D eigenvalue weighted by Crippen LogP contribution is -2.43. The van der Waals surface area contributed by atoms with E-state index in [-0.39, 0.29) is 5.56 Å². The van der Waals surface area contributed by atoms with E-state index in [2.05, 4.69) is 26.7 Å². The van der Waals surface area contributed by atoms with Crippen molar-refractivity contribution in [3.63, 3.8) is 0 Å². The summed E-state index contributed by atoms with van der Waals surface area (Å²) >= 11 is 1.70. The second kappa shape index (κ2) is 4.77. The molecule has 2 aliphatic heterocycles. The summed E-state index contributed by atoms with van der Waals surface area (Å²) in [5.41, 5.74) is 0.824. The van der Waals surface area contributed by atoms with Gasteiger partial charge >= 0.3 is 0 Å². The van der Waals surface area contributed by atoms with Crippen molar-refractivity contribution in [1.29, 1.82) is 0 Å². The lowest BCUT2D eigenvalue weighted by molar-refractivity contribution is 0.194. The Morgan fingerprint density at radius 1 is 1.35 bits per heavy atom. The Morgan fingerprint density at radius 3 is 2.95 bits per heavy atom. The van der Waals surface area contributed by atoms with Crippen molar-refractivity contribution in [3.8, 4) is 0 Å². The van der Waals surface area contributed by atoms with Crippen LogP contribution in [0.2, 0.25) is 0 Å². The van der Waals surface area contributed by atoms with Gasteiger partial charge in [-0.2, -0.15) is 4.98 Å². The molecule has 108 valence electrons. The predicted octanol–water partition coefficient (Wildman–Crippen LogP) is 1.87. The molecule has 0 radical (unpaired) electrons. The molecule has 5 nitrogen and oxygen atoms in total. The minimum atomic E-state index is -0.0388. The molecule has 0 bridgehead atoms. The van der Waals surface area contributed by atoms with Crippen LogP contribution >= 0.6 is 11.8 Å². The Balaban J connectivity index is 1.69. The summed E-state index contributed by atoms with van der Waals surface area (Å²) < 4.78 is 2.19. The summed E-state index contributed by atoms with van der Waals surface area (Å²) in [4.78, 5) is 19.0. The van der Waals surface area contributed by atoms with Crippen molar-refractivity contribution < 1.29 is 0 Å².